The average Bonchev–Trinajstić information content (AvgIpc) is 0.681. The lowest BCUT2D eigenvalue weighted by Crippen LogP contribution is -2.19. The molecule has 0 aliphatic heterocycles. The van der Waals surface area contributed by atoms with Crippen molar-refractivity contribution in [2.24, 2.45) is 0 Å². The van der Waals surface area contributed by atoms with Crippen LogP contribution in [0.15, 0.2) is 433 Å². The molecule has 21 rings (SSSR count). The van der Waals surface area contributed by atoms with E-state index in [4.69, 9.17) is 4.18 Å². The van der Waals surface area contributed by atoms with E-state index in [1.165, 1.54) is 0 Å². The molecule has 21 aromatic rings. The summed E-state index contributed by atoms with van der Waals surface area (Å²) in [5.74, 6) is -0.354. The van der Waals surface area contributed by atoms with Crippen LogP contribution in [-0.2, 0) is 8.98 Å². The Bertz CT molecular complexity index is 6450. The fourth-order valence-corrected chi connectivity index (χ4v) is 22.4. The summed E-state index contributed by atoms with van der Waals surface area (Å²) < 4.78 is 9.08. The zero-order valence-corrected chi connectivity index (χ0v) is 63.6. The lowest BCUT2D eigenvalue weighted by molar-refractivity contribution is -0.133. The van der Waals surface area contributed by atoms with Gasteiger partial charge in [-0.3, -0.25) is 4.79 Å². The van der Waals surface area contributed by atoms with Crippen molar-refractivity contribution in [2.75, 3.05) is 0 Å². The van der Waals surface area contributed by atoms with Crippen molar-refractivity contribution in [3.8, 4) is 100 Å². The molecule has 21 aromatic carbocycles. The van der Waals surface area contributed by atoms with Crippen LogP contribution in [0.1, 0.15) is 13.3 Å². The first-order chi connectivity index (χ1) is 56.4. The summed E-state index contributed by atoms with van der Waals surface area (Å²) in [7, 11) is -4.00. The molecule has 0 aromatic heterocycles. The topological polar surface area (TPSA) is 26.3 Å². The second kappa shape index (κ2) is 28.3. The largest absolute Gasteiger partial charge is 0.402 e. The van der Waals surface area contributed by atoms with Crippen molar-refractivity contribution in [2.45, 2.75) is 28.0 Å². The van der Waals surface area contributed by atoms with Crippen molar-refractivity contribution in [3.05, 3.63) is 419 Å². The fraction of sp³-hybridized carbons (Fsp3) is 0.0180. The number of benzene rings is 21. The first kappa shape index (κ1) is 67.9. The second-order valence-electron chi connectivity index (χ2n) is 29.8. The van der Waals surface area contributed by atoms with Crippen LogP contribution in [0.4, 0.5) is 0 Å². The monoisotopic (exact) mass is 1470 g/mol. The molecule has 0 unspecified atom stereocenters. The highest BCUT2D eigenvalue weighted by Crippen LogP contribution is 2.80. The predicted octanol–water partition coefficient (Wildman–Crippen LogP) is 31.2. The normalized spacial score (nSPS) is 11.9. The molecule has 0 spiro atoms. The third kappa shape index (κ3) is 11.4. The molecule has 536 valence electrons. The molecule has 0 saturated carbocycles. The van der Waals surface area contributed by atoms with E-state index in [1.54, 1.807) is 0 Å². The van der Waals surface area contributed by atoms with Crippen LogP contribution in [0.3, 0.4) is 0 Å². The Hall–Kier alpha value is -14.2. The Kier molecular flexibility index (Phi) is 16.8. The van der Waals surface area contributed by atoms with Crippen LogP contribution in [-0.4, -0.2) is 5.97 Å². The van der Waals surface area contributed by atoms with Crippen LogP contribution in [0, 0.1) is 0 Å². The maximum atomic E-state index is 17.6. The maximum absolute atomic E-state index is 17.6. The summed E-state index contributed by atoms with van der Waals surface area (Å²) in [4.78, 5) is 20.2. The Labute approximate surface area is 664 Å². The van der Waals surface area contributed by atoms with E-state index in [-0.39, 0.29) is 12.4 Å². The Morgan fingerprint density at radius 2 is 0.342 bits per heavy atom. The Morgan fingerprint density at radius 1 is 0.193 bits per heavy atom. The highest BCUT2D eigenvalue weighted by Gasteiger charge is 2.48. The smallest absolute Gasteiger partial charge is 0.316 e. The van der Waals surface area contributed by atoms with Gasteiger partial charge in [0.1, 0.15) is 0 Å². The molecular weight excluding hydrogens is 1400 g/mol. The van der Waals surface area contributed by atoms with Gasteiger partial charge in [-0.15, -0.1) is 0 Å². The molecule has 0 fully saturated rings. The number of rotatable bonds is 14. The molecule has 0 aliphatic rings. The van der Waals surface area contributed by atoms with Crippen LogP contribution < -0.4 is 0 Å². The van der Waals surface area contributed by atoms with E-state index in [9.17, 15) is 0 Å². The number of hydrogen-bond donors (Lipinski definition) is 0. The molecule has 0 amide bonds. The molecule has 114 heavy (non-hydrogen) atoms. The Morgan fingerprint density at radius 3 is 0.518 bits per heavy atom. The van der Waals surface area contributed by atoms with Crippen molar-refractivity contribution in [1.29, 1.82) is 0 Å². The molecule has 0 heterocycles. The first-order valence-electron chi connectivity index (χ1n) is 39.4. The van der Waals surface area contributed by atoms with Gasteiger partial charge in [-0.25, -0.2) is 0 Å². The molecule has 0 radical (unpaired) electrons. The number of fused-ring (bicyclic) bond motifs is 9. The van der Waals surface area contributed by atoms with Crippen LogP contribution in [0.25, 0.3) is 197 Å². The summed E-state index contributed by atoms with van der Waals surface area (Å²) in [6.45, 7) is 1.98. The van der Waals surface area contributed by atoms with Gasteiger partial charge in [0.05, 0.1) is 0 Å². The fourth-order valence-electron chi connectivity index (χ4n) is 18.3. The molecule has 0 saturated heterocycles. The van der Waals surface area contributed by atoms with Gasteiger partial charge >= 0.3 is 5.97 Å². The number of hydrogen-bond acceptors (Lipinski definition) is 2. The maximum Gasteiger partial charge on any atom is 0.316 e. The van der Waals surface area contributed by atoms with Crippen LogP contribution in [0.5, 0.6) is 0 Å². The van der Waals surface area contributed by atoms with Crippen molar-refractivity contribution >= 4 is 113 Å². The van der Waals surface area contributed by atoms with E-state index in [1.807, 2.05) is 6.92 Å². The summed E-state index contributed by atoms with van der Waals surface area (Å²) >= 11 is 0. The van der Waals surface area contributed by atoms with Crippen molar-refractivity contribution in [1.82, 2.24) is 0 Å². The zero-order chi connectivity index (χ0) is 75.8. The SMILES string of the molecule is CCC(=O)OS(c1c(-c2cccc3ccccc23)cc(-c2cccc3ccccc23)cc1-c1cccc2ccccc12)(c1c(-c2cccc3ccccc23)cc(-c2cccc3ccccc23)cc1-c1cccc2ccccc12)c1c(-c2cccc3ccccc23)cc(-c2cccc3ccccc23)cc1-c1cccc2ccccc12. The van der Waals surface area contributed by atoms with E-state index >= 15 is 4.79 Å². The van der Waals surface area contributed by atoms with Gasteiger partial charge in [0.2, 0.25) is 0 Å². The summed E-state index contributed by atoms with van der Waals surface area (Å²) in [6, 6.07) is 155. The lowest BCUT2D eigenvalue weighted by Gasteiger charge is -2.47. The highest BCUT2D eigenvalue weighted by atomic mass is 32.3. The highest BCUT2D eigenvalue weighted by molar-refractivity contribution is 8.30. The van der Waals surface area contributed by atoms with Crippen molar-refractivity contribution < 1.29 is 8.98 Å². The van der Waals surface area contributed by atoms with E-state index in [0.717, 1.165) is 212 Å². The van der Waals surface area contributed by atoms with Crippen LogP contribution >= 0.6 is 10.3 Å². The van der Waals surface area contributed by atoms with Gasteiger partial charge in [-0.2, -0.15) is 0 Å². The van der Waals surface area contributed by atoms with Gasteiger partial charge in [-0.05, 0) is 244 Å². The molecule has 2 nitrogen and oxygen atoms in total. The first-order valence-corrected chi connectivity index (χ1v) is 40.9. The second-order valence-corrected chi connectivity index (χ2v) is 32.3. The van der Waals surface area contributed by atoms with Gasteiger partial charge in [0.25, 0.3) is 0 Å². The summed E-state index contributed by atoms with van der Waals surface area (Å²) in [5, 5.41) is 19.6. The Balaban J connectivity index is 1.12. The van der Waals surface area contributed by atoms with Gasteiger partial charge in [0.15, 0.2) is 0 Å². The van der Waals surface area contributed by atoms with Gasteiger partial charge in [0, 0.05) is 21.1 Å². The summed E-state index contributed by atoms with van der Waals surface area (Å²) in [6.07, 6.45) is 0.0403. The molecule has 0 bridgehead atoms. The number of carbonyl (C=O) groups excluding carboxylic acids is 1. The zero-order valence-electron chi connectivity index (χ0n) is 62.8. The molecule has 3 heteroatoms. The van der Waals surface area contributed by atoms with Crippen molar-refractivity contribution in [3.63, 3.8) is 0 Å². The number of carbonyl (C=O) groups is 1. The lowest BCUT2D eigenvalue weighted by atomic mass is 9.88. The van der Waals surface area contributed by atoms with E-state index in [0.29, 0.717) is 0 Å². The van der Waals surface area contributed by atoms with E-state index in [2.05, 4.69) is 419 Å². The van der Waals surface area contributed by atoms with Gasteiger partial charge < -0.3 is 4.18 Å². The molecular formula is C111H74O2S. The molecule has 0 atom stereocenters. The standard InChI is InChI=1S/C111H74O2S/c1-2-108(112)113-114(109-102(96-60-24-42-75-33-6-15-51-87(75)96)66-81(93-57-21-39-72-30-3-12-48-84(72)93)67-103(109)97-61-25-43-76-34-7-16-52-88(76)97,110-104(98-62-26-44-77-35-8-17-53-89(77)98)68-82(94-58-22-40-73-31-4-13-49-85(73)94)69-105(110)99-63-27-45-78-36-9-18-54-90(78)99)111-106(100-64-28-46-79-37-10-19-55-91(79)100)70-83(95-59-23-41-74-32-5-14-50-86(74)95)71-107(111)101-65-29-47-80-38-11-20-56-92(80)101/h3-71H,2H2,1H3. The van der Waals surface area contributed by atoms with Crippen LogP contribution in [0.2, 0.25) is 0 Å². The third-order valence-electron chi connectivity index (χ3n) is 23.4. The average molecular weight is 1470 g/mol. The van der Waals surface area contributed by atoms with E-state index < -0.39 is 10.3 Å². The molecule has 0 aliphatic carbocycles. The molecule has 0 N–H and O–H groups in total. The quantitative estimate of drug-likeness (QED) is 0.108. The third-order valence-corrected chi connectivity index (χ3v) is 26.9. The predicted molar refractivity (Wildman–Crippen MR) is 485 cm³/mol. The summed E-state index contributed by atoms with van der Waals surface area (Å²) in [5.41, 5.74) is 17.8. The minimum absolute atomic E-state index is 0.0403. The minimum atomic E-state index is -4.00. The van der Waals surface area contributed by atoms with Gasteiger partial charge in [-0.1, -0.05) is 389 Å². The minimum Gasteiger partial charge on any atom is -0.402 e.